The minimum absolute atomic E-state index is 0.416. The van der Waals surface area contributed by atoms with Crippen LogP contribution in [0.15, 0.2) is 9.88 Å². The van der Waals surface area contributed by atoms with Crippen LogP contribution in [0.25, 0.3) is 0 Å². The molecule has 194 valence electrons. The quantitative estimate of drug-likeness (QED) is 0.0881. The Hall–Kier alpha value is -0.401. The fourth-order valence-electron chi connectivity index (χ4n) is 4.38. The molecule has 0 aliphatic heterocycles. The summed E-state index contributed by atoms with van der Waals surface area (Å²) in [5, 5.41) is 0. The summed E-state index contributed by atoms with van der Waals surface area (Å²) in [7, 11) is 0. The van der Waals surface area contributed by atoms with Crippen molar-refractivity contribution >= 4 is 14.5 Å². The third-order valence-corrected chi connectivity index (χ3v) is 8.07. The number of hydrogen-bond acceptors (Lipinski definition) is 2. The third kappa shape index (κ3) is 19.6. The minimum Gasteiger partial charge on any atom is -0.0654 e. The zero-order valence-electron chi connectivity index (χ0n) is 22.4. The Morgan fingerprint density at radius 1 is 0.424 bits per heavy atom. The second-order valence-electron chi connectivity index (χ2n) is 9.87. The molecule has 0 aliphatic rings. The summed E-state index contributed by atoms with van der Waals surface area (Å²) in [5.41, 5.74) is 0. The smallest absolute Gasteiger partial charge is 0.0654 e. The van der Waals surface area contributed by atoms with E-state index in [1.54, 1.807) is 0 Å². The molecule has 0 saturated carbocycles. The Bertz CT molecular complexity index is 457. The van der Waals surface area contributed by atoms with Gasteiger partial charge in [0.2, 0.25) is 0 Å². The Morgan fingerprint density at radius 3 is 1.00 bits per heavy atom. The molecule has 0 aromatic carbocycles. The number of hydrogen-bond donors (Lipinski definition) is 0. The molecule has 2 nitrogen and oxygen atoms in total. The van der Waals surface area contributed by atoms with E-state index in [2.05, 4.69) is 23.7 Å². The van der Waals surface area contributed by atoms with Crippen molar-refractivity contribution in [1.29, 1.82) is 0 Å². The zero-order chi connectivity index (χ0) is 23.7. The van der Waals surface area contributed by atoms with Crippen LogP contribution in [0.4, 0.5) is 0 Å². The van der Waals surface area contributed by atoms with Crippen LogP contribution in [0.5, 0.6) is 11.5 Å². The molecule has 3 heteroatoms. The first kappa shape index (κ1) is 30.6. The molecule has 0 N–H and O–H groups in total. The molecule has 0 radical (unpaired) electrons. The van der Waals surface area contributed by atoms with Gasteiger partial charge in [0.25, 0.3) is 0 Å². The SMILES string of the molecule is CCCCCCCCCCCCCOc1c[se]cc1OCCCCCCCCCCCCC. The zero-order valence-corrected chi connectivity index (χ0v) is 24.1. The van der Waals surface area contributed by atoms with Crippen molar-refractivity contribution in [3.63, 3.8) is 0 Å². The van der Waals surface area contributed by atoms with E-state index in [0.717, 1.165) is 24.7 Å². The van der Waals surface area contributed by atoms with E-state index in [-0.39, 0.29) is 0 Å². The Labute approximate surface area is 213 Å². The van der Waals surface area contributed by atoms with Gasteiger partial charge in [-0.3, -0.25) is 0 Å². The van der Waals surface area contributed by atoms with Crippen molar-refractivity contribution in [2.75, 3.05) is 13.2 Å². The van der Waals surface area contributed by atoms with E-state index < -0.39 is 0 Å². The van der Waals surface area contributed by atoms with Gasteiger partial charge >= 0.3 is 161 Å². The molecule has 0 fully saturated rings. The molecule has 1 rings (SSSR count). The summed E-state index contributed by atoms with van der Waals surface area (Å²) >= 11 is 0.416. The topological polar surface area (TPSA) is 18.5 Å². The van der Waals surface area contributed by atoms with Gasteiger partial charge < -0.3 is 0 Å². The molecule has 33 heavy (non-hydrogen) atoms. The van der Waals surface area contributed by atoms with E-state index >= 15 is 0 Å². The summed E-state index contributed by atoms with van der Waals surface area (Å²) < 4.78 is 12.1. The average molecular weight is 528 g/mol. The third-order valence-electron chi connectivity index (χ3n) is 6.60. The van der Waals surface area contributed by atoms with Gasteiger partial charge in [-0.25, -0.2) is 0 Å². The van der Waals surface area contributed by atoms with Gasteiger partial charge in [0, 0.05) is 0 Å². The van der Waals surface area contributed by atoms with Gasteiger partial charge in [0.05, 0.1) is 0 Å². The standard InChI is InChI=1S/C30H56O2Se/c1-3-5-7-9-11-13-15-17-19-21-23-25-31-29-27-33-28-30(29)32-26-24-22-20-18-16-14-12-10-8-6-4-2/h27-28H,3-26H2,1-2H3. The number of unbranched alkanes of at least 4 members (excludes halogenated alkanes) is 20. The molecule has 0 atom stereocenters. The monoisotopic (exact) mass is 528 g/mol. The van der Waals surface area contributed by atoms with Crippen molar-refractivity contribution in [3.05, 3.63) is 9.88 Å². The fourth-order valence-corrected chi connectivity index (χ4v) is 5.82. The molecule has 0 bridgehead atoms. The number of ether oxygens (including phenoxy) is 2. The fraction of sp³-hybridized carbons (Fsp3) is 0.867. The van der Waals surface area contributed by atoms with Crippen LogP contribution in [-0.2, 0) is 0 Å². The maximum atomic E-state index is 6.04. The first-order valence-corrected chi connectivity index (χ1v) is 16.7. The van der Waals surface area contributed by atoms with E-state index in [1.807, 2.05) is 0 Å². The Balaban J connectivity index is 1.89. The van der Waals surface area contributed by atoms with Crippen molar-refractivity contribution in [2.45, 2.75) is 155 Å². The van der Waals surface area contributed by atoms with Crippen molar-refractivity contribution in [2.24, 2.45) is 0 Å². The molecule has 1 aromatic heterocycles. The van der Waals surface area contributed by atoms with Crippen LogP contribution in [0.3, 0.4) is 0 Å². The maximum absolute atomic E-state index is 6.04. The Morgan fingerprint density at radius 2 is 0.697 bits per heavy atom. The summed E-state index contributed by atoms with van der Waals surface area (Å²) in [6, 6.07) is 0. The molecule has 1 heterocycles. The second kappa shape index (κ2) is 24.7. The van der Waals surface area contributed by atoms with Gasteiger partial charge in [0.15, 0.2) is 0 Å². The second-order valence-corrected chi connectivity index (χ2v) is 11.4. The molecular weight excluding hydrogens is 471 g/mol. The van der Waals surface area contributed by atoms with Gasteiger partial charge in [-0.1, -0.05) is 52.4 Å². The predicted octanol–water partition coefficient (Wildman–Crippen LogP) is 10.1. The van der Waals surface area contributed by atoms with Gasteiger partial charge in [-0.15, -0.1) is 0 Å². The minimum atomic E-state index is 0.416. The Kier molecular flexibility index (Phi) is 22.9. The van der Waals surface area contributed by atoms with Crippen molar-refractivity contribution in [1.82, 2.24) is 0 Å². The first-order chi connectivity index (χ1) is 16.4. The van der Waals surface area contributed by atoms with Gasteiger partial charge in [0.1, 0.15) is 0 Å². The number of rotatable bonds is 26. The van der Waals surface area contributed by atoms with E-state index in [4.69, 9.17) is 9.47 Å². The normalized spacial score (nSPS) is 11.2. The molecule has 0 saturated heterocycles. The van der Waals surface area contributed by atoms with Crippen molar-refractivity contribution < 1.29 is 9.47 Å². The molecule has 0 spiro atoms. The molecule has 0 aliphatic carbocycles. The van der Waals surface area contributed by atoms with Crippen molar-refractivity contribution in [3.8, 4) is 11.5 Å². The molecule has 0 amide bonds. The predicted molar refractivity (Wildman–Crippen MR) is 147 cm³/mol. The molecule has 1 aromatic rings. The summed E-state index contributed by atoms with van der Waals surface area (Å²) in [6.45, 7) is 6.27. The molecule has 0 unspecified atom stereocenters. The van der Waals surface area contributed by atoms with Crippen LogP contribution < -0.4 is 9.47 Å². The van der Waals surface area contributed by atoms with E-state index in [0.29, 0.717) is 14.5 Å². The summed E-state index contributed by atoms with van der Waals surface area (Å²) in [6.07, 6.45) is 30.3. The summed E-state index contributed by atoms with van der Waals surface area (Å²) in [5.74, 6) is 2.04. The van der Waals surface area contributed by atoms with Gasteiger partial charge in [-0.05, 0) is 0 Å². The van der Waals surface area contributed by atoms with Gasteiger partial charge in [-0.2, -0.15) is 0 Å². The van der Waals surface area contributed by atoms with Crippen LogP contribution in [0.2, 0.25) is 0 Å². The van der Waals surface area contributed by atoms with Crippen LogP contribution in [0, 0.1) is 0 Å². The average Bonchev–Trinajstić information content (AvgIpc) is 3.27. The first-order valence-electron chi connectivity index (χ1n) is 14.7. The van der Waals surface area contributed by atoms with Crippen LogP contribution in [0.1, 0.15) is 155 Å². The van der Waals surface area contributed by atoms with Crippen LogP contribution >= 0.6 is 0 Å². The van der Waals surface area contributed by atoms with E-state index in [9.17, 15) is 0 Å². The van der Waals surface area contributed by atoms with Crippen LogP contribution in [-0.4, -0.2) is 27.7 Å². The van der Waals surface area contributed by atoms with E-state index in [1.165, 1.54) is 141 Å². The summed E-state index contributed by atoms with van der Waals surface area (Å²) in [4.78, 5) is 4.47. The molecular formula is C30H56O2Se.